The molecule has 1 unspecified atom stereocenters. The number of piperidine rings is 2. The summed E-state index contributed by atoms with van der Waals surface area (Å²) in [7, 11) is 0. The van der Waals surface area contributed by atoms with Crippen molar-refractivity contribution in [2.24, 2.45) is 0 Å². The number of ether oxygens (including phenoxy) is 1. The van der Waals surface area contributed by atoms with E-state index in [9.17, 15) is 14.4 Å². The molecule has 1 aromatic rings. The van der Waals surface area contributed by atoms with E-state index in [1.54, 1.807) is 4.90 Å². The maximum atomic E-state index is 12.9. The number of anilines is 1. The highest BCUT2D eigenvalue weighted by Gasteiger charge is 2.40. The average molecular weight is 483 g/mol. The molecule has 5 heterocycles. The van der Waals surface area contributed by atoms with E-state index in [0.29, 0.717) is 36.8 Å². The fourth-order valence-electron chi connectivity index (χ4n) is 6.07. The van der Waals surface area contributed by atoms with Crippen LogP contribution >= 0.6 is 0 Å². The highest BCUT2D eigenvalue weighted by molar-refractivity contribution is 6.05. The molecule has 1 atom stereocenters. The van der Waals surface area contributed by atoms with Crippen molar-refractivity contribution in [3.63, 3.8) is 0 Å². The molecule has 0 radical (unpaired) electrons. The quantitative estimate of drug-likeness (QED) is 0.576. The smallest absolute Gasteiger partial charge is 0.256 e. The van der Waals surface area contributed by atoms with Crippen molar-refractivity contribution in [2.75, 3.05) is 44.2 Å². The van der Waals surface area contributed by atoms with Crippen LogP contribution in [0, 0.1) is 0 Å². The van der Waals surface area contributed by atoms with Crippen molar-refractivity contribution in [2.45, 2.75) is 69.4 Å². The van der Waals surface area contributed by atoms with E-state index < -0.39 is 11.9 Å². The van der Waals surface area contributed by atoms with Crippen molar-refractivity contribution in [3.8, 4) is 0 Å². The molecule has 4 aliphatic heterocycles. The Kier molecular flexibility index (Phi) is 6.19. The molecule has 10 heteroatoms. The van der Waals surface area contributed by atoms with E-state index in [2.05, 4.69) is 20.4 Å². The van der Waals surface area contributed by atoms with Crippen LogP contribution in [0.4, 0.5) is 5.82 Å². The van der Waals surface area contributed by atoms with Gasteiger partial charge in [-0.1, -0.05) is 0 Å². The van der Waals surface area contributed by atoms with Gasteiger partial charge in [-0.25, -0.2) is 4.98 Å². The molecular weight excluding hydrogens is 448 g/mol. The summed E-state index contributed by atoms with van der Waals surface area (Å²) in [4.78, 5) is 47.9. The van der Waals surface area contributed by atoms with Crippen LogP contribution in [0.3, 0.4) is 0 Å². The van der Waals surface area contributed by atoms with Crippen LogP contribution in [0.15, 0.2) is 12.1 Å². The highest BCUT2D eigenvalue weighted by atomic mass is 16.5. The van der Waals surface area contributed by atoms with Crippen LogP contribution < -0.4 is 15.5 Å². The molecule has 0 bridgehead atoms. The molecule has 5 aliphatic rings. The first-order chi connectivity index (χ1) is 17.0. The third-order valence-corrected chi connectivity index (χ3v) is 8.25. The maximum Gasteiger partial charge on any atom is 0.256 e. The lowest BCUT2D eigenvalue weighted by atomic mass is 9.87. The van der Waals surface area contributed by atoms with Crippen molar-refractivity contribution in [1.82, 2.24) is 25.4 Å². The number of amides is 3. The monoisotopic (exact) mass is 482 g/mol. The standard InChI is InChI=1S/C25H34N6O4/c32-23-4-2-21(24(33)28-23)31-15-20-19(25(31)34)1-3-22(27-20)30-11-9-29(10-12-30)16-13-18(14-16)35-17-5-7-26-8-6-17/h1,3,16-18,21,26H,2,4-15H2,(H,28,32,33)/t16-,18-,21?. The largest absolute Gasteiger partial charge is 0.375 e. The average Bonchev–Trinajstić information content (AvgIpc) is 3.17. The van der Waals surface area contributed by atoms with Gasteiger partial charge in [-0.3, -0.25) is 24.6 Å². The summed E-state index contributed by atoms with van der Waals surface area (Å²) < 4.78 is 6.29. The maximum absolute atomic E-state index is 12.9. The molecule has 3 saturated heterocycles. The number of nitrogens with zero attached hydrogens (tertiary/aromatic N) is 4. The number of carbonyl (C=O) groups excluding carboxylic acids is 3. The number of hydrogen-bond acceptors (Lipinski definition) is 8. The minimum atomic E-state index is -0.605. The van der Waals surface area contributed by atoms with Gasteiger partial charge in [0.2, 0.25) is 11.8 Å². The molecule has 0 spiro atoms. The van der Waals surface area contributed by atoms with Gasteiger partial charge in [0.15, 0.2) is 0 Å². The first-order valence-corrected chi connectivity index (χ1v) is 13.0. The third kappa shape index (κ3) is 4.54. The van der Waals surface area contributed by atoms with Gasteiger partial charge in [0.05, 0.1) is 30.0 Å². The van der Waals surface area contributed by atoms with Crippen LogP contribution in [0.5, 0.6) is 0 Å². The lowest BCUT2D eigenvalue weighted by molar-refractivity contribution is -0.136. The second-order valence-corrected chi connectivity index (χ2v) is 10.4. The van der Waals surface area contributed by atoms with Crippen LogP contribution in [-0.2, 0) is 20.9 Å². The van der Waals surface area contributed by atoms with Gasteiger partial charge in [0.1, 0.15) is 11.9 Å². The van der Waals surface area contributed by atoms with Crippen molar-refractivity contribution in [1.29, 1.82) is 0 Å². The second-order valence-electron chi connectivity index (χ2n) is 10.4. The SMILES string of the molecule is O=C1CCC(N2Cc3nc(N4CCN([C@H]5C[C@H](OC6CCNCC6)C5)CC4)ccc3C2=O)C(=O)N1. The summed E-state index contributed by atoms with van der Waals surface area (Å²) in [6, 6.07) is 3.78. The minimum Gasteiger partial charge on any atom is -0.375 e. The summed E-state index contributed by atoms with van der Waals surface area (Å²) in [6.45, 7) is 6.29. The third-order valence-electron chi connectivity index (χ3n) is 8.25. The fraction of sp³-hybridized carbons (Fsp3) is 0.680. The number of carbonyl (C=O) groups is 3. The molecule has 6 rings (SSSR count). The summed E-state index contributed by atoms with van der Waals surface area (Å²) in [5.41, 5.74) is 1.28. The summed E-state index contributed by atoms with van der Waals surface area (Å²) >= 11 is 0. The molecule has 35 heavy (non-hydrogen) atoms. The number of pyridine rings is 1. The molecule has 1 saturated carbocycles. The molecule has 4 fully saturated rings. The lowest BCUT2D eigenvalue weighted by Gasteiger charge is -2.47. The number of aromatic nitrogens is 1. The van der Waals surface area contributed by atoms with Gasteiger partial charge >= 0.3 is 0 Å². The van der Waals surface area contributed by atoms with E-state index >= 15 is 0 Å². The molecule has 2 N–H and O–H groups in total. The first kappa shape index (κ1) is 22.9. The Balaban J connectivity index is 1.01. The zero-order chi connectivity index (χ0) is 23.9. The summed E-state index contributed by atoms with van der Waals surface area (Å²) in [5.74, 6) is 0.0477. The number of nitrogens with one attached hydrogen (secondary N) is 2. The highest BCUT2D eigenvalue weighted by Crippen LogP contribution is 2.32. The summed E-state index contributed by atoms with van der Waals surface area (Å²) in [6.07, 6.45) is 6.01. The van der Waals surface area contributed by atoms with Crippen LogP contribution in [-0.4, -0.2) is 96.1 Å². The second kappa shape index (κ2) is 9.48. The number of rotatable bonds is 5. The van der Waals surface area contributed by atoms with Gasteiger partial charge in [0, 0.05) is 38.6 Å². The number of piperazine rings is 1. The Labute approximate surface area is 205 Å². The van der Waals surface area contributed by atoms with Gasteiger partial charge in [-0.15, -0.1) is 0 Å². The first-order valence-electron chi connectivity index (χ1n) is 13.0. The predicted molar refractivity (Wildman–Crippen MR) is 128 cm³/mol. The van der Waals surface area contributed by atoms with E-state index in [1.807, 2.05) is 12.1 Å². The Morgan fingerprint density at radius 1 is 0.943 bits per heavy atom. The van der Waals surface area contributed by atoms with E-state index in [0.717, 1.165) is 76.5 Å². The normalized spacial score (nSPS) is 30.3. The molecule has 10 nitrogen and oxygen atoms in total. The van der Waals surface area contributed by atoms with Crippen LogP contribution in [0.2, 0.25) is 0 Å². The zero-order valence-electron chi connectivity index (χ0n) is 20.1. The van der Waals surface area contributed by atoms with Gasteiger partial charge in [-0.05, 0) is 57.3 Å². The van der Waals surface area contributed by atoms with Gasteiger partial charge < -0.3 is 19.9 Å². The lowest BCUT2D eigenvalue weighted by Crippen LogP contribution is -2.56. The molecular formula is C25H34N6O4. The van der Waals surface area contributed by atoms with Gasteiger partial charge in [0.25, 0.3) is 5.91 Å². The molecule has 188 valence electrons. The topological polar surface area (TPSA) is 107 Å². The molecule has 3 amide bonds. The van der Waals surface area contributed by atoms with Crippen LogP contribution in [0.25, 0.3) is 0 Å². The van der Waals surface area contributed by atoms with Crippen molar-refractivity contribution >= 4 is 23.5 Å². The molecule has 1 aromatic heterocycles. The Hall–Kier alpha value is -2.56. The predicted octanol–water partition coefficient (Wildman–Crippen LogP) is 0.264. The summed E-state index contributed by atoms with van der Waals surface area (Å²) in [5, 5.41) is 5.74. The molecule has 0 aromatic carbocycles. The molecule has 1 aliphatic carbocycles. The van der Waals surface area contributed by atoms with Crippen LogP contribution in [0.1, 0.15) is 54.6 Å². The number of imide groups is 1. The Morgan fingerprint density at radius 3 is 2.46 bits per heavy atom. The van der Waals surface area contributed by atoms with Crippen molar-refractivity contribution < 1.29 is 19.1 Å². The van der Waals surface area contributed by atoms with E-state index in [4.69, 9.17) is 9.72 Å². The number of hydrogen-bond donors (Lipinski definition) is 2. The van der Waals surface area contributed by atoms with E-state index in [1.165, 1.54) is 0 Å². The Morgan fingerprint density at radius 2 is 1.71 bits per heavy atom. The van der Waals surface area contributed by atoms with Crippen molar-refractivity contribution in [3.05, 3.63) is 23.4 Å². The van der Waals surface area contributed by atoms with Gasteiger partial charge in [-0.2, -0.15) is 0 Å². The zero-order valence-corrected chi connectivity index (χ0v) is 20.1. The van der Waals surface area contributed by atoms with E-state index in [-0.39, 0.29) is 18.2 Å². The number of fused-ring (bicyclic) bond motifs is 1. The fourth-order valence-corrected chi connectivity index (χ4v) is 6.07. The Bertz CT molecular complexity index is 998. The minimum absolute atomic E-state index is 0.176.